The highest BCUT2D eigenvalue weighted by atomic mass is 127. The molecule has 1 unspecified atom stereocenters. The number of benzene rings is 2. The van der Waals surface area contributed by atoms with Gasteiger partial charge < -0.3 is 29.8 Å². The van der Waals surface area contributed by atoms with Crippen molar-refractivity contribution >= 4 is 102 Å². The molecule has 8 nitrogen and oxygen atoms in total. The van der Waals surface area contributed by atoms with Crippen LogP contribution < -0.4 is 15.2 Å². The largest absolute Gasteiger partial charge is 0.480 e. The van der Waals surface area contributed by atoms with E-state index in [9.17, 15) is 9.59 Å². The number of carbonyl (C=O) groups is 2. The third-order valence-electron chi connectivity index (χ3n) is 4.18. The van der Waals surface area contributed by atoms with Crippen molar-refractivity contribution in [2.24, 2.45) is 5.73 Å². The summed E-state index contributed by atoms with van der Waals surface area (Å²) in [6, 6.07) is 6.63. The second-order valence-electron chi connectivity index (χ2n) is 6.71. The van der Waals surface area contributed by atoms with E-state index in [-0.39, 0.29) is 6.61 Å². The summed E-state index contributed by atoms with van der Waals surface area (Å²) >= 11 is 8.58. The van der Waals surface area contributed by atoms with Crippen LogP contribution in [0.15, 0.2) is 24.3 Å². The summed E-state index contributed by atoms with van der Waals surface area (Å²) in [6.45, 7) is 0.561. The van der Waals surface area contributed by atoms with Crippen molar-refractivity contribution in [3.63, 3.8) is 0 Å². The molecular weight excluding hydrogens is 886 g/mol. The quantitative estimate of drug-likeness (QED) is 0.135. The molecule has 12 heteroatoms. The minimum absolute atomic E-state index is 0.159. The molecule has 180 valence electrons. The van der Waals surface area contributed by atoms with Gasteiger partial charge in [-0.05, 0) is 133 Å². The summed E-state index contributed by atoms with van der Waals surface area (Å²) in [7, 11) is 1.56. The Morgan fingerprint density at radius 1 is 0.970 bits per heavy atom. The third kappa shape index (κ3) is 9.51. The van der Waals surface area contributed by atoms with Gasteiger partial charge in [-0.1, -0.05) is 0 Å². The molecule has 2 rings (SSSR count). The number of ether oxygens (including phenoxy) is 4. The summed E-state index contributed by atoms with van der Waals surface area (Å²) in [4.78, 5) is 23.0. The van der Waals surface area contributed by atoms with Gasteiger partial charge in [-0.25, -0.2) is 4.79 Å². The van der Waals surface area contributed by atoms with Crippen molar-refractivity contribution in [2.45, 2.75) is 18.9 Å². The van der Waals surface area contributed by atoms with Crippen LogP contribution in [0.2, 0.25) is 0 Å². The highest BCUT2D eigenvalue weighted by Gasteiger charge is 2.17. The first-order valence-electron chi connectivity index (χ1n) is 9.53. The van der Waals surface area contributed by atoms with Gasteiger partial charge in [0.15, 0.2) is 11.5 Å². The highest BCUT2D eigenvalue weighted by Crippen LogP contribution is 2.37. The van der Waals surface area contributed by atoms with Gasteiger partial charge in [0.1, 0.15) is 18.4 Å². The minimum Gasteiger partial charge on any atom is -0.480 e. The third-order valence-corrected chi connectivity index (χ3v) is 7.38. The van der Waals surface area contributed by atoms with Crippen molar-refractivity contribution < 1.29 is 33.6 Å². The van der Waals surface area contributed by atoms with E-state index in [4.69, 9.17) is 29.8 Å². The monoisotopic (exact) mass is 907 g/mol. The van der Waals surface area contributed by atoms with Crippen molar-refractivity contribution in [1.82, 2.24) is 0 Å². The average molecular weight is 907 g/mol. The van der Waals surface area contributed by atoms with Crippen LogP contribution in [0.25, 0.3) is 0 Å². The van der Waals surface area contributed by atoms with E-state index in [1.54, 1.807) is 19.2 Å². The summed E-state index contributed by atoms with van der Waals surface area (Å²) in [6.07, 6.45) is 0.917. The second kappa shape index (κ2) is 14.5. The molecule has 0 saturated carbocycles. The van der Waals surface area contributed by atoms with Crippen LogP contribution >= 0.6 is 90.4 Å². The molecule has 1 atom stereocenters. The summed E-state index contributed by atoms with van der Waals surface area (Å²) in [5, 5.41) is 8.96. The van der Waals surface area contributed by atoms with Crippen LogP contribution in [0.5, 0.6) is 17.2 Å². The molecule has 0 aliphatic carbocycles. The molecular formula is C21H21I4NO7. The smallest absolute Gasteiger partial charge is 0.337 e. The van der Waals surface area contributed by atoms with Gasteiger partial charge in [0, 0.05) is 7.11 Å². The molecule has 2 aromatic rings. The molecule has 0 bridgehead atoms. The van der Waals surface area contributed by atoms with E-state index in [1.807, 2.05) is 12.1 Å². The lowest BCUT2D eigenvalue weighted by atomic mass is 10.1. The SMILES string of the molecule is COCCOCC(=O)Oc1c(I)cc(Oc2c(I)cc(CCC(N)C(=O)O)cc2I)cc1I. The van der Waals surface area contributed by atoms with Crippen LogP contribution in [0.4, 0.5) is 0 Å². The molecule has 2 aromatic carbocycles. The fourth-order valence-corrected chi connectivity index (χ4v) is 6.60. The zero-order valence-electron chi connectivity index (χ0n) is 17.4. The first-order valence-corrected chi connectivity index (χ1v) is 13.8. The van der Waals surface area contributed by atoms with Crippen molar-refractivity contribution in [2.75, 3.05) is 26.9 Å². The number of aryl methyl sites for hydroxylation is 1. The highest BCUT2D eigenvalue weighted by molar-refractivity contribution is 14.1. The molecule has 0 heterocycles. The van der Waals surface area contributed by atoms with Gasteiger partial charge in [0.2, 0.25) is 0 Å². The molecule has 0 saturated heterocycles. The Kier molecular flexibility index (Phi) is 12.9. The van der Waals surface area contributed by atoms with E-state index in [0.29, 0.717) is 43.3 Å². The first kappa shape index (κ1) is 29.2. The lowest BCUT2D eigenvalue weighted by Gasteiger charge is -2.15. The van der Waals surface area contributed by atoms with Crippen LogP contribution in [0.3, 0.4) is 0 Å². The Balaban J connectivity index is 2.10. The summed E-state index contributed by atoms with van der Waals surface area (Å²) in [5.74, 6) is 0.273. The molecule has 0 spiro atoms. The van der Waals surface area contributed by atoms with Gasteiger partial charge in [-0.3, -0.25) is 4.79 Å². The lowest BCUT2D eigenvalue weighted by molar-refractivity contribution is -0.140. The molecule has 3 N–H and O–H groups in total. The maximum absolute atomic E-state index is 12.0. The fraction of sp³-hybridized carbons (Fsp3) is 0.333. The van der Waals surface area contributed by atoms with Crippen LogP contribution in [0, 0.1) is 14.3 Å². The van der Waals surface area contributed by atoms with Gasteiger partial charge in [0.05, 0.1) is 27.5 Å². The second-order valence-corrected chi connectivity index (χ2v) is 11.4. The first-order chi connectivity index (χ1) is 15.6. The predicted octanol–water partition coefficient (Wildman–Crippen LogP) is 4.81. The minimum atomic E-state index is -1.00. The van der Waals surface area contributed by atoms with Gasteiger partial charge in [-0.2, -0.15) is 0 Å². The number of carboxylic acid groups (broad SMARTS) is 1. The number of carboxylic acids is 1. The zero-order valence-corrected chi connectivity index (χ0v) is 26.0. The van der Waals surface area contributed by atoms with Crippen LogP contribution in [0.1, 0.15) is 12.0 Å². The van der Waals surface area contributed by atoms with E-state index in [1.165, 1.54) is 0 Å². The molecule has 0 aliphatic rings. The maximum atomic E-state index is 12.0. The molecule has 0 aromatic heterocycles. The Hall–Kier alpha value is -0.0200. The molecule has 0 aliphatic heterocycles. The predicted molar refractivity (Wildman–Crippen MR) is 156 cm³/mol. The Morgan fingerprint density at radius 2 is 1.55 bits per heavy atom. The van der Waals surface area contributed by atoms with Gasteiger partial charge in [-0.15, -0.1) is 0 Å². The van der Waals surface area contributed by atoms with Crippen LogP contribution in [-0.2, 0) is 25.5 Å². The molecule has 0 fully saturated rings. The number of hydrogen-bond acceptors (Lipinski definition) is 7. The Morgan fingerprint density at radius 3 is 2.09 bits per heavy atom. The normalized spacial score (nSPS) is 11.8. The molecule has 0 radical (unpaired) electrons. The molecule has 33 heavy (non-hydrogen) atoms. The number of halogens is 4. The number of hydrogen-bond donors (Lipinski definition) is 2. The van der Waals surface area contributed by atoms with Crippen molar-refractivity contribution in [3.8, 4) is 17.2 Å². The topological polar surface area (TPSA) is 117 Å². The van der Waals surface area contributed by atoms with Gasteiger partial charge in [0.25, 0.3) is 0 Å². The summed E-state index contributed by atoms with van der Waals surface area (Å²) in [5.41, 5.74) is 6.60. The fourth-order valence-electron chi connectivity index (χ4n) is 2.55. The number of nitrogens with two attached hydrogens (primary N) is 1. The Labute approximate surface area is 246 Å². The number of rotatable bonds is 12. The number of methoxy groups -OCH3 is 1. The van der Waals surface area contributed by atoms with E-state index in [2.05, 4.69) is 90.4 Å². The van der Waals surface area contributed by atoms with Crippen molar-refractivity contribution in [1.29, 1.82) is 0 Å². The van der Waals surface area contributed by atoms with E-state index in [0.717, 1.165) is 19.8 Å². The number of carbonyl (C=O) groups excluding carboxylic acids is 1. The Bertz CT molecular complexity index is 957. The van der Waals surface area contributed by atoms with E-state index >= 15 is 0 Å². The maximum Gasteiger partial charge on any atom is 0.337 e. The van der Waals surface area contributed by atoms with Crippen molar-refractivity contribution in [3.05, 3.63) is 44.1 Å². The lowest BCUT2D eigenvalue weighted by Crippen LogP contribution is -2.30. The number of aliphatic carboxylic acids is 1. The molecule has 0 amide bonds. The van der Waals surface area contributed by atoms with Crippen LogP contribution in [-0.4, -0.2) is 50.0 Å². The number of esters is 1. The zero-order chi connectivity index (χ0) is 24.5. The average Bonchev–Trinajstić information content (AvgIpc) is 2.74. The summed E-state index contributed by atoms with van der Waals surface area (Å²) < 4.78 is 24.9. The standard InChI is InChI=1S/C21H21I4NO7/c1-30-4-5-31-10-18(27)33-20-15(24)8-12(9-16(20)25)32-19-13(22)6-11(7-14(19)23)2-3-17(26)21(28)29/h6-9,17H,2-5,10,26H2,1H3,(H,28,29). The van der Waals surface area contributed by atoms with Gasteiger partial charge >= 0.3 is 11.9 Å². The van der Waals surface area contributed by atoms with E-state index < -0.39 is 18.0 Å².